The second-order valence-corrected chi connectivity index (χ2v) is 3.26. The molecule has 2 rings (SSSR count). The van der Waals surface area contributed by atoms with Crippen LogP contribution in [0.3, 0.4) is 0 Å². The predicted molar refractivity (Wildman–Crippen MR) is 52.4 cm³/mol. The van der Waals surface area contributed by atoms with Gasteiger partial charge in [-0.25, -0.2) is 9.37 Å². The zero-order valence-electron chi connectivity index (χ0n) is 7.42. The molecule has 5 heteroatoms. The van der Waals surface area contributed by atoms with Gasteiger partial charge in [0.05, 0.1) is 10.7 Å². The van der Waals surface area contributed by atoms with Gasteiger partial charge in [-0.05, 0) is 18.2 Å². The smallest absolute Gasteiger partial charge is 0.249 e. The topological polar surface area (TPSA) is 25.8 Å². The summed E-state index contributed by atoms with van der Waals surface area (Å²) >= 11 is 5.63. The van der Waals surface area contributed by atoms with Crippen molar-refractivity contribution in [3.05, 3.63) is 47.4 Å². The maximum Gasteiger partial charge on any atom is 0.249 e. The summed E-state index contributed by atoms with van der Waals surface area (Å²) in [6, 6.07) is 4.43. The summed E-state index contributed by atoms with van der Waals surface area (Å²) in [4.78, 5) is 7.07. The van der Waals surface area contributed by atoms with Crippen LogP contribution in [-0.2, 0) is 0 Å². The van der Waals surface area contributed by atoms with E-state index in [0.29, 0.717) is 10.7 Å². The minimum atomic E-state index is -1.13. The van der Waals surface area contributed by atoms with E-state index in [1.807, 2.05) is 0 Å². The zero-order chi connectivity index (χ0) is 10.8. The zero-order valence-corrected chi connectivity index (χ0v) is 8.17. The summed E-state index contributed by atoms with van der Waals surface area (Å²) in [7, 11) is 0. The lowest BCUT2D eigenvalue weighted by atomic mass is 10.2. The van der Waals surface area contributed by atoms with E-state index < -0.39 is 11.8 Å². The van der Waals surface area contributed by atoms with Gasteiger partial charge in [0, 0.05) is 18.0 Å². The summed E-state index contributed by atoms with van der Waals surface area (Å²) in [5.41, 5.74) is 0.386. The van der Waals surface area contributed by atoms with E-state index in [2.05, 4.69) is 9.97 Å². The van der Waals surface area contributed by atoms with Crippen LogP contribution >= 0.6 is 11.6 Å². The molecule has 2 nitrogen and oxygen atoms in total. The first-order chi connectivity index (χ1) is 7.18. The molecule has 2 heterocycles. The molecule has 0 aromatic carbocycles. The third-order valence-electron chi connectivity index (χ3n) is 1.85. The molecule has 0 aliphatic carbocycles. The Balaban J connectivity index is 2.54. The number of nitrogens with zero attached hydrogens (tertiary/aromatic N) is 2. The maximum absolute atomic E-state index is 13.3. The Hall–Kier alpha value is -1.55. The van der Waals surface area contributed by atoms with Gasteiger partial charge in [-0.15, -0.1) is 0 Å². The second kappa shape index (κ2) is 3.90. The normalized spacial score (nSPS) is 10.3. The van der Waals surface area contributed by atoms with Crippen molar-refractivity contribution in [2.45, 2.75) is 0 Å². The Labute approximate surface area is 89.6 Å². The van der Waals surface area contributed by atoms with E-state index in [9.17, 15) is 8.78 Å². The van der Waals surface area contributed by atoms with Crippen LogP contribution in [0.4, 0.5) is 8.78 Å². The van der Waals surface area contributed by atoms with Crippen molar-refractivity contribution in [1.82, 2.24) is 9.97 Å². The van der Waals surface area contributed by atoms with Crippen molar-refractivity contribution in [2.24, 2.45) is 0 Å². The summed E-state index contributed by atoms with van der Waals surface area (Å²) in [5, 5.41) is 0.439. The number of hydrogen-bond donors (Lipinski definition) is 0. The van der Waals surface area contributed by atoms with Gasteiger partial charge in [0.25, 0.3) is 0 Å². The summed E-state index contributed by atoms with van der Waals surface area (Å²) < 4.78 is 26.1. The molecule has 0 N–H and O–H groups in total. The minimum absolute atomic E-state index is 0.0687. The molecule has 2 aromatic rings. The van der Waals surface area contributed by atoms with E-state index in [1.54, 1.807) is 6.07 Å². The van der Waals surface area contributed by atoms with E-state index in [0.717, 1.165) is 0 Å². The lowest BCUT2D eigenvalue weighted by Gasteiger charge is -2.02. The first-order valence-electron chi connectivity index (χ1n) is 4.10. The van der Waals surface area contributed by atoms with Crippen LogP contribution in [0.5, 0.6) is 0 Å². The Morgan fingerprint density at radius 3 is 2.53 bits per heavy atom. The molecule has 0 radical (unpaired) electrons. The standard InChI is InChI=1S/C10H5ClF2N2/c11-6-1-2-8(15-5-6)7-3-4-14-10(13)9(7)12/h1-5H. The van der Waals surface area contributed by atoms with Gasteiger partial charge >= 0.3 is 0 Å². The molecule has 0 saturated heterocycles. The number of rotatable bonds is 1. The highest BCUT2D eigenvalue weighted by Crippen LogP contribution is 2.22. The lowest BCUT2D eigenvalue weighted by Crippen LogP contribution is -1.94. The molecule has 0 amide bonds. The molecule has 0 aliphatic heterocycles. The van der Waals surface area contributed by atoms with Crippen LogP contribution in [0.25, 0.3) is 11.3 Å². The summed E-state index contributed by atoms with van der Waals surface area (Å²) in [6.45, 7) is 0. The molecule has 0 bridgehead atoms. The molecule has 0 saturated carbocycles. The van der Waals surface area contributed by atoms with Crippen LogP contribution < -0.4 is 0 Å². The van der Waals surface area contributed by atoms with Gasteiger partial charge in [0.2, 0.25) is 5.95 Å². The molecule has 0 unspecified atom stereocenters. The van der Waals surface area contributed by atoms with Crippen molar-refractivity contribution in [3.63, 3.8) is 0 Å². The van der Waals surface area contributed by atoms with Gasteiger partial charge in [0.1, 0.15) is 0 Å². The SMILES string of the molecule is Fc1nccc(-c2ccc(Cl)cn2)c1F. The van der Waals surface area contributed by atoms with Crippen molar-refractivity contribution in [3.8, 4) is 11.3 Å². The fourth-order valence-corrected chi connectivity index (χ4v) is 1.26. The van der Waals surface area contributed by atoms with E-state index in [4.69, 9.17) is 11.6 Å². The Kier molecular flexibility index (Phi) is 2.60. The Morgan fingerprint density at radius 1 is 1.07 bits per heavy atom. The minimum Gasteiger partial charge on any atom is -0.255 e. The summed E-state index contributed by atoms with van der Waals surface area (Å²) in [6.07, 6.45) is 2.55. The quantitative estimate of drug-likeness (QED) is 0.699. The molecule has 0 spiro atoms. The van der Waals surface area contributed by atoms with E-state index in [1.165, 1.54) is 24.5 Å². The monoisotopic (exact) mass is 226 g/mol. The highest BCUT2D eigenvalue weighted by molar-refractivity contribution is 6.30. The van der Waals surface area contributed by atoms with Crippen molar-refractivity contribution in [1.29, 1.82) is 0 Å². The van der Waals surface area contributed by atoms with Gasteiger partial charge in [-0.1, -0.05) is 11.6 Å². The molecular formula is C10H5ClF2N2. The van der Waals surface area contributed by atoms with Gasteiger partial charge in [-0.2, -0.15) is 4.39 Å². The molecule has 2 aromatic heterocycles. The maximum atomic E-state index is 13.3. The highest BCUT2D eigenvalue weighted by atomic mass is 35.5. The number of halogens is 3. The molecule has 15 heavy (non-hydrogen) atoms. The van der Waals surface area contributed by atoms with Crippen LogP contribution in [0, 0.1) is 11.8 Å². The van der Waals surface area contributed by atoms with Crippen LogP contribution in [0.2, 0.25) is 5.02 Å². The van der Waals surface area contributed by atoms with Crippen molar-refractivity contribution < 1.29 is 8.78 Å². The van der Waals surface area contributed by atoms with Crippen molar-refractivity contribution in [2.75, 3.05) is 0 Å². The fourth-order valence-electron chi connectivity index (χ4n) is 1.15. The van der Waals surface area contributed by atoms with E-state index in [-0.39, 0.29) is 5.56 Å². The number of hydrogen-bond acceptors (Lipinski definition) is 2. The van der Waals surface area contributed by atoms with Crippen LogP contribution in [0.1, 0.15) is 0 Å². The Bertz CT molecular complexity index is 485. The van der Waals surface area contributed by atoms with E-state index >= 15 is 0 Å². The first kappa shape index (κ1) is 9.98. The first-order valence-corrected chi connectivity index (χ1v) is 4.48. The second-order valence-electron chi connectivity index (χ2n) is 2.82. The molecule has 76 valence electrons. The average Bonchev–Trinajstić information content (AvgIpc) is 2.24. The fraction of sp³-hybridized carbons (Fsp3) is 0. The lowest BCUT2D eigenvalue weighted by molar-refractivity contribution is 0.481. The number of aromatic nitrogens is 2. The average molecular weight is 227 g/mol. The Morgan fingerprint density at radius 2 is 1.87 bits per heavy atom. The van der Waals surface area contributed by atoms with Gasteiger partial charge in [0.15, 0.2) is 5.82 Å². The summed E-state index contributed by atoms with van der Waals surface area (Å²) in [5.74, 6) is -2.14. The highest BCUT2D eigenvalue weighted by Gasteiger charge is 2.11. The van der Waals surface area contributed by atoms with Crippen molar-refractivity contribution >= 4 is 11.6 Å². The molecule has 0 fully saturated rings. The molecule has 0 aliphatic rings. The van der Waals surface area contributed by atoms with Gasteiger partial charge < -0.3 is 0 Å². The third kappa shape index (κ3) is 1.94. The van der Waals surface area contributed by atoms with Gasteiger partial charge in [-0.3, -0.25) is 4.98 Å². The molecule has 0 atom stereocenters. The number of pyridine rings is 2. The largest absolute Gasteiger partial charge is 0.255 e. The molecular weight excluding hydrogens is 222 g/mol. The third-order valence-corrected chi connectivity index (χ3v) is 2.07. The van der Waals surface area contributed by atoms with Crippen LogP contribution in [0.15, 0.2) is 30.6 Å². The predicted octanol–water partition coefficient (Wildman–Crippen LogP) is 3.08. The van der Waals surface area contributed by atoms with Crippen LogP contribution in [-0.4, -0.2) is 9.97 Å².